The third kappa shape index (κ3) is 5.43. The number of carbonyl (C=O) groups excluding carboxylic acids is 2. The highest BCUT2D eigenvalue weighted by atomic mass is 35.5. The summed E-state index contributed by atoms with van der Waals surface area (Å²) in [4.78, 5) is 23.0. The average molecular weight is 349 g/mol. The summed E-state index contributed by atoms with van der Waals surface area (Å²) in [5, 5.41) is 6.48. The summed E-state index contributed by atoms with van der Waals surface area (Å²) in [5.74, 6) is -0.340. The maximum Gasteiger partial charge on any atom is 0.221 e. The van der Waals surface area contributed by atoms with Crippen LogP contribution in [0.4, 0.5) is 11.4 Å². The Labute approximate surface area is 144 Å². The number of halogens is 2. The molecular weight excluding hydrogens is 335 g/mol. The van der Waals surface area contributed by atoms with Crippen molar-refractivity contribution in [1.82, 2.24) is 0 Å². The molecular formula is C17H14Cl2N2O2. The summed E-state index contributed by atoms with van der Waals surface area (Å²) in [5.41, 5.74) is 1.91. The maximum absolute atomic E-state index is 12.0. The molecule has 0 aromatic heterocycles. The quantitative estimate of drug-likeness (QED) is 0.604. The van der Waals surface area contributed by atoms with Gasteiger partial charge < -0.3 is 10.6 Å². The zero-order chi connectivity index (χ0) is 16.8. The second-order valence-corrected chi connectivity index (χ2v) is 5.63. The minimum atomic E-state index is -0.211. The first-order valence-corrected chi connectivity index (χ1v) is 7.51. The van der Waals surface area contributed by atoms with Gasteiger partial charge in [0.15, 0.2) is 5.78 Å². The molecule has 0 aliphatic heterocycles. The van der Waals surface area contributed by atoms with Crippen LogP contribution in [0.25, 0.3) is 0 Å². The molecule has 2 aromatic rings. The van der Waals surface area contributed by atoms with Crippen molar-refractivity contribution in [1.29, 1.82) is 0 Å². The van der Waals surface area contributed by atoms with Gasteiger partial charge in [0, 0.05) is 46.2 Å². The molecule has 0 aliphatic rings. The molecule has 0 saturated heterocycles. The minimum Gasteiger partial charge on any atom is -0.362 e. The number of benzene rings is 2. The monoisotopic (exact) mass is 348 g/mol. The Morgan fingerprint density at radius 2 is 1.52 bits per heavy atom. The Balaban J connectivity index is 1.98. The molecule has 0 bridgehead atoms. The van der Waals surface area contributed by atoms with Crippen molar-refractivity contribution in [3.05, 3.63) is 70.3 Å². The van der Waals surface area contributed by atoms with Gasteiger partial charge in [-0.05, 0) is 42.5 Å². The van der Waals surface area contributed by atoms with Crippen molar-refractivity contribution < 1.29 is 9.59 Å². The predicted octanol–water partition coefficient (Wildman–Crippen LogP) is 4.76. The first-order valence-electron chi connectivity index (χ1n) is 6.75. The summed E-state index contributed by atoms with van der Waals surface area (Å²) in [7, 11) is 0. The van der Waals surface area contributed by atoms with Crippen molar-refractivity contribution in [2.75, 3.05) is 10.6 Å². The van der Waals surface area contributed by atoms with Gasteiger partial charge in [0.2, 0.25) is 5.91 Å². The highest BCUT2D eigenvalue weighted by molar-refractivity contribution is 6.35. The molecule has 2 N–H and O–H groups in total. The third-order valence-electron chi connectivity index (χ3n) is 2.84. The SMILES string of the molecule is CC(=O)Nc1ccc(NC=CC(=O)c2cc(Cl)cc(Cl)c2)cc1. The molecule has 23 heavy (non-hydrogen) atoms. The zero-order valence-corrected chi connectivity index (χ0v) is 13.8. The molecule has 0 radical (unpaired) electrons. The van der Waals surface area contributed by atoms with Gasteiger partial charge in [0.25, 0.3) is 0 Å². The first-order chi connectivity index (χ1) is 10.9. The minimum absolute atomic E-state index is 0.128. The summed E-state index contributed by atoms with van der Waals surface area (Å²) >= 11 is 11.7. The van der Waals surface area contributed by atoms with E-state index >= 15 is 0 Å². The van der Waals surface area contributed by atoms with Gasteiger partial charge in [-0.2, -0.15) is 0 Å². The fourth-order valence-corrected chi connectivity index (χ4v) is 2.38. The number of hydrogen-bond acceptors (Lipinski definition) is 3. The zero-order valence-electron chi connectivity index (χ0n) is 12.3. The van der Waals surface area contributed by atoms with Gasteiger partial charge in [-0.15, -0.1) is 0 Å². The third-order valence-corrected chi connectivity index (χ3v) is 3.27. The molecule has 0 unspecified atom stereocenters. The van der Waals surface area contributed by atoms with E-state index in [1.54, 1.807) is 42.5 Å². The van der Waals surface area contributed by atoms with Gasteiger partial charge >= 0.3 is 0 Å². The lowest BCUT2D eigenvalue weighted by atomic mass is 10.1. The van der Waals surface area contributed by atoms with Crippen LogP contribution < -0.4 is 10.6 Å². The van der Waals surface area contributed by atoms with Crippen LogP contribution in [0.2, 0.25) is 10.0 Å². The Hall–Kier alpha value is -2.30. The summed E-state index contributed by atoms with van der Waals surface area (Å²) in [6.07, 6.45) is 2.92. The van der Waals surface area contributed by atoms with Crippen molar-refractivity contribution in [3.63, 3.8) is 0 Å². The number of allylic oxidation sites excluding steroid dienone is 1. The van der Waals surface area contributed by atoms with Crippen LogP contribution in [-0.2, 0) is 4.79 Å². The fraction of sp³-hybridized carbons (Fsp3) is 0.0588. The van der Waals surface area contributed by atoms with Crippen molar-refractivity contribution in [2.24, 2.45) is 0 Å². The normalized spacial score (nSPS) is 10.6. The van der Waals surface area contributed by atoms with E-state index in [-0.39, 0.29) is 11.7 Å². The van der Waals surface area contributed by atoms with E-state index < -0.39 is 0 Å². The Morgan fingerprint density at radius 1 is 0.957 bits per heavy atom. The number of amides is 1. The molecule has 0 spiro atoms. The van der Waals surface area contributed by atoms with Crippen molar-refractivity contribution in [2.45, 2.75) is 6.92 Å². The van der Waals surface area contributed by atoms with E-state index in [1.807, 2.05) is 0 Å². The second kappa shape index (κ2) is 7.81. The molecule has 118 valence electrons. The van der Waals surface area contributed by atoms with Crippen LogP contribution >= 0.6 is 23.2 Å². The summed E-state index contributed by atoms with van der Waals surface area (Å²) in [6, 6.07) is 11.8. The molecule has 6 heteroatoms. The molecule has 4 nitrogen and oxygen atoms in total. The Bertz CT molecular complexity index is 735. The fourth-order valence-electron chi connectivity index (χ4n) is 1.86. The van der Waals surface area contributed by atoms with Gasteiger partial charge in [0.1, 0.15) is 0 Å². The van der Waals surface area contributed by atoms with E-state index in [0.29, 0.717) is 21.3 Å². The summed E-state index contributed by atoms with van der Waals surface area (Å²) < 4.78 is 0. The maximum atomic E-state index is 12.0. The van der Waals surface area contributed by atoms with E-state index in [2.05, 4.69) is 10.6 Å². The van der Waals surface area contributed by atoms with Crippen LogP contribution in [0.5, 0.6) is 0 Å². The van der Waals surface area contributed by atoms with E-state index in [0.717, 1.165) is 5.69 Å². The van der Waals surface area contributed by atoms with Crippen LogP contribution in [0.15, 0.2) is 54.7 Å². The average Bonchev–Trinajstić information content (AvgIpc) is 2.47. The van der Waals surface area contributed by atoms with Gasteiger partial charge in [0.05, 0.1) is 0 Å². The van der Waals surface area contributed by atoms with Crippen LogP contribution in [0.3, 0.4) is 0 Å². The largest absolute Gasteiger partial charge is 0.362 e. The molecule has 0 saturated carbocycles. The highest BCUT2D eigenvalue weighted by Gasteiger charge is 2.04. The number of anilines is 2. The van der Waals surface area contributed by atoms with Crippen molar-refractivity contribution >= 4 is 46.3 Å². The molecule has 0 fully saturated rings. The number of hydrogen-bond donors (Lipinski definition) is 2. The number of rotatable bonds is 5. The molecule has 2 rings (SSSR count). The topological polar surface area (TPSA) is 58.2 Å². The number of ketones is 1. The predicted molar refractivity (Wildman–Crippen MR) is 94.3 cm³/mol. The van der Waals surface area contributed by atoms with E-state index in [1.165, 1.54) is 19.2 Å². The molecule has 0 aliphatic carbocycles. The molecule has 1 amide bonds. The Kier molecular flexibility index (Phi) is 5.79. The Morgan fingerprint density at radius 3 is 2.09 bits per heavy atom. The lowest BCUT2D eigenvalue weighted by molar-refractivity contribution is -0.114. The molecule has 0 atom stereocenters. The lowest BCUT2D eigenvalue weighted by Gasteiger charge is -2.04. The van der Waals surface area contributed by atoms with Gasteiger partial charge in [-0.1, -0.05) is 23.2 Å². The summed E-state index contributed by atoms with van der Waals surface area (Å²) in [6.45, 7) is 1.45. The van der Waals surface area contributed by atoms with Gasteiger partial charge in [-0.3, -0.25) is 9.59 Å². The van der Waals surface area contributed by atoms with E-state index in [9.17, 15) is 9.59 Å². The van der Waals surface area contributed by atoms with Crippen molar-refractivity contribution in [3.8, 4) is 0 Å². The van der Waals surface area contributed by atoms with Crippen LogP contribution in [0, 0.1) is 0 Å². The smallest absolute Gasteiger partial charge is 0.221 e. The number of carbonyl (C=O) groups is 2. The molecule has 0 heterocycles. The lowest BCUT2D eigenvalue weighted by Crippen LogP contribution is -2.05. The van der Waals surface area contributed by atoms with Crippen LogP contribution in [0.1, 0.15) is 17.3 Å². The standard InChI is InChI=1S/C17H14Cl2N2O2/c1-11(22)21-16-4-2-15(3-5-16)20-7-6-17(23)12-8-13(18)10-14(19)9-12/h2-10,20H,1H3,(H,21,22). The first kappa shape index (κ1) is 17.1. The molecule has 2 aromatic carbocycles. The van der Waals surface area contributed by atoms with Gasteiger partial charge in [-0.25, -0.2) is 0 Å². The number of nitrogens with one attached hydrogen (secondary N) is 2. The van der Waals surface area contributed by atoms with E-state index in [4.69, 9.17) is 23.2 Å². The van der Waals surface area contributed by atoms with Crippen LogP contribution in [-0.4, -0.2) is 11.7 Å². The highest BCUT2D eigenvalue weighted by Crippen LogP contribution is 2.19. The second-order valence-electron chi connectivity index (χ2n) is 4.76.